The van der Waals surface area contributed by atoms with Crippen molar-refractivity contribution >= 4 is 21.9 Å². The summed E-state index contributed by atoms with van der Waals surface area (Å²) in [5.74, 6) is -0.0204. The molecule has 1 atom stereocenters. The Bertz CT molecular complexity index is 355. The van der Waals surface area contributed by atoms with Gasteiger partial charge in [0.2, 0.25) is 0 Å². The summed E-state index contributed by atoms with van der Waals surface area (Å²) in [5, 5.41) is 0. The smallest absolute Gasteiger partial charge is 0.306 e. The van der Waals surface area contributed by atoms with Crippen molar-refractivity contribution in [3.63, 3.8) is 0 Å². The number of ether oxygens (including phenoxy) is 1. The number of hydrogen-bond acceptors (Lipinski definition) is 3. The van der Waals surface area contributed by atoms with E-state index in [4.69, 9.17) is 10.5 Å². The second-order valence-corrected chi connectivity index (χ2v) is 4.75. The third kappa shape index (κ3) is 4.77. The highest BCUT2D eigenvalue weighted by Crippen LogP contribution is 2.13. The monoisotopic (exact) mass is 285 g/mol. The van der Waals surface area contributed by atoms with Crippen LogP contribution in [0, 0.1) is 5.92 Å². The first-order valence-corrected chi connectivity index (χ1v) is 6.01. The molecular weight excluding hydrogens is 270 g/mol. The molecule has 2 N–H and O–H groups in total. The summed E-state index contributed by atoms with van der Waals surface area (Å²) in [6, 6.07) is 7.70. The van der Waals surface area contributed by atoms with Crippen LogP contribution in [0.2, 0.25) is 0 Å². The summed E-state index contributed by atoms with van der Waals surface area (Å²) in [7, 11) is 0. The van der Waals surface area contributed by atoms with E-state index in [-0.39, 0.29) is 11.9 Å². The van der Waals surface area contributed by atoms with Crippen LogP contribution >= 0.6 is 15.9 Å². The zero-order chi connectivity index (χ0) is 12.0. The van der Waals surface area contributed by atoms with Crippen molar-refractivity contribution < 1.29 is 9.53 Å². The van der Waals surface area contributed by atoms with Gasteiger partial charge < -0.3 is 10.5 Å². The van der Waals surface area contributed by atoms with Crippen molar-refractivity contribution in [2.45, 2.75) is 20.0 Å². The van der Waals surface area contributed by atoms with Crippen LogP contribution in [-0.4, -0.2) is 12.5 Å². The lowest BCUT2D eigenvalue weighted by Gasteiger charge is -2.08. The third-order valence-electron chi connectivity index (χ3n) is 2.21. The van der Waals surface area contributed by atoms with Crippen molar-refractivity contribution in [3.05, 3.63) is 34.3 Å². The van der Waals surface area contributed by atoms with E-state index in [0.29, 0.717) is 19.6 Å². The minimum atomic E-state index is -0.196. The molecule has 0 bridgehead atoms. The molecule has 4 heteroatoms. The Morgan fingerprint density at radius 3 is 2.94 bits per heavy atom. The predicted octanol–water partition coefficient (Wildman–Crippen LogP) is 2.48. The van der Waals surface area contributed by atoms with Gasteiger partial charge >= 0.3 is 5.97 Å². The van der Waals surface area contributed by atoms with E-state index in [0.717, 1.165) is 10.0 Å². The lowest BCUT2D eigenvalue weighted by molar-refractivity contribution is -0.145. The van der Waals surface area contributed by atoms with Gasteiger partial charge in [-0.25, -0.2) is 0 Å². The van der Waals surface area contributed by atoms with Crippen molar-refractivity contribution in [3.8, 4) is 0 Å². The molecule has 0 saturated heterocycles. The molecule has 0 aromatic heterocycles. The Labute approximate surface area is 104 Å². The molecule has 3 nitrogen and oxygen atoms in total. The first-order valence-electron chi connectivity index (χ1n) is 5.22. The molecule has 88 valence electrons. The lowest BCUT2D eigenvalue weighted by atomic mass is 10.1. The van der Waals surface area contributed by atoms with Gasteiger partial charge in [0.15, 0.2) is 0 Å². The summed E-state index contributed by atoms with van der Waals surface area (Å²) in [5.41, 5.74) is 6.41. The maximum atomic E-state index is 11.4. The molecule has 1 rings (SSSR count). The Balaban J connectivity index is 2.37. The Kier molecular flexibility index (Phi) is 5.49. The summed E-state index contributed by atoms with van der Waals surface area (Å²) in [4.78, 5) is 11.4. The van der Waals surface area contributed by atoms with Crippen LogP contribution in [0.5, 0.6) is 0 Å². The van der Waals surface area contributed by atoms with Gasteiger partial charge in [0.05, 0.1) is 0 Å². The Hall–Kier alpha value is -0.870. The average molecular weight is 286 g/mol. The van der Waals surface area contributed by atoms with E-state index in [9.17, 15) is 4.79 Å². The SMILES string of the molecule is CC(CN)CC(=O)OCc1cccc(Br)c1. The number of nitrogens with two attached hydrogens (primary N) is 1. The quantitative estimate of drug-likeness (QED) is 0.846. The third-order valence-corrected chi connectivity index (χ3v) is 2.70. The molecule has 0 amide bonds. The maximum absolute atomic E-state index is 11.4. The number of esters is 1. The van der Waals surface area contributed by atoms with Gasteiger partial charge in [0.1, 0.15) is 6.61 Å². The molecule has 0 spiro atoms. The molecule has 1 aromatic carbocycles. The highest BCUT2D eigenvalue weighted by atomic mass is 79.9. The van der Waals surface area contributed by atoms with Gasteiger partial charge in [-0.3, -0.25) is 4.79 Å². The van der Waals surface area contributed by atoms with Gasteiger partial charge in [-0.15, -0.1) is 0 Å². The molecule has 0 aliphatic rings. The molecule has 0 heterocycles. The highest BCUT2D eigenvalue weighted by Gasteiger charge is 2.08. The van der Waals surface area contributed by atoms with Crippen molar-refractivity contribution in [2.24, 2.45) is 11.7 Å². The van der Waals surface area contributed by atoms with E-state index in [1.807, 2.05) is 31.2 Å². The fraction of sp³-hybridized carbons (Fsp3) is 0.417. The predicted molar refractivity (Wildman–Crippen MR) is 66.8 cm³/mol. The van der Waals surface area contributed by atoms with Gasteiger partial charge in [-0.05, 0) is 30.2 Å². The van der Waals surface area contributed by atoms with E-state index in [1.165, 1.54) is 0 Å². The summed E-state index contributed by atoms with van der Waals surface area (Å²) in [6.07, 6.45) is 0.379. The van der Waals surface area contributed by atoms with Crippen molar-refractivity contribution in [2.75, 3.05) is 6.54 Å². The number of hydrogen-bond donors (Lipinski definition) is 1. The topological polar surface area (TPSA) is 52.3 Å². The van der Waals surface area contributed by atoms with Crippen molar-refractivity contribution in [1.82, 2.24) is 0 Å². The first kappa shape index (κ1) is 13.2. The lowest BCUT2D eigenvalue weighted by Crippen LogP contribution is -2.16. The van der Waals surface area contributed by atoms with Gasteiger partial charge in [0, 0.05) is 10.9 Å². The molecule has 1 aromatic rings. The number of carbonyl (C=O) groups is 1. The largest absolute Gasteiger partial charge is 0.461 e. The van der Waals surface area contributed by atoms with Crippen LogP contribution in [-0.2, 0) is 16.1 Å². The van der Waals surface area contributed by atoms with Crippen LogP contribution in [0.4, 0.5) is 0 Å². The van der Waals surface area contributed by atoms with E-state index >= 15 is 0 Å². The summed E-state index contributed by atoms with van der Waals surface area (Å²) < 4.78 is 6.12. The molecule has 0 aliphatic carbocycles. The number of carbonyl (C=O) groups excluding carboxylic acids is 1. The Morgan fingerprint density at radius 2 is 2.31 bits per heavy atom. The molecule has 16 heavy (non-hydrogen) atoms. The summed E-state index contributed by atoms with van der Waals surface area (Å²) >= 11 is 3.36. The van der Waals surface area contributed by atoms with Crippen LogP contribution in [0.3, 0.4) is 0 Å². The van der Waals surface area contributed by atoms with Gasteiger partial charge in [0.25, 0.3) is 0 Å². The van der Waals surface area contributed by atoms with Gasteiger partial charge in [-0.1, -0.05) is 35.0 Å². The second-order valence-electron chi connectivity index (χ2n) is 3.84. The molecule has 0 saturated carbocycles. The van der Waals surface area contributed by atoms with Crippen LogP contribution in [0.1, 0.15) is 18.9 Å². The molecule has 0 radical (unpaired) electrons. The molecule has 1 unspecified atom stereocenters. The highest BCUT2D eigenvalue weighted by molar-refractivity contribution is 9.10. The Morgan fingerprint density at radius 1 is 1.56 bits per heavy atom. The minimum Gasteiger partial charge on any atom is -0.461 e. The van der Waals surface area contributed by atoms with Crippen LogP contribution < -0.4 is 5.73 Å². The van der Waals surface area contributed by atoms with Crippen LogP contribution in [0.15, 0.2) is 28.7 Å². The molecule has 0 fully saturated rings. The molecule has 0 aliphatic heterocycles. The number of rotatable bonds is 5. The minimum absolute atomic E-state index is 0.176. The maximum Gasteiger partial charge on any atom is 0.306 e. The number of benzene rings is 1. The van der Waals surface area contributed by atoms with E-state index < -0.39 is 0 Å². The first-order chi connectivity index (χ1) is 7.61. The standard InChI is InChI=1S/C12H16BrNO2/c1-9(7-14)5-12(15)16-8-10-3-2-4-11(13)6-10/h2-4,6,9H,5,7-8,14H2,1H3. The van der Waals surface area contributed by atoms with Gasteiger partial charge in [-0.2, -0.15) is 0 Å². The zero-order valence-electron chi connectivity index (χ0n) is 9.28. The fourth-order valence-electron chi connectivity index (χ4n) is 1.22. The fourth-order valence-corrected chi connectivity index (χ4v) is 1.66. The van der Waals surface area contributed by atoms with E-state index in [2.05, 4.69) is 15.9 Å². The normalized spacial score (nSPS) is 12.2. The van der Waals surface area contributed by atoms with E-state index in [1.54, 1.807) is 0 Å². The molecular formula is C12H16BrNO2. The number of halogens is 1. The zero-order valence-corrected chi connectivity index (χ0v) is 10.9. The summed E-state index contributed by atoms with van der Waals surface area (Å²) in [6.45, 7) is 2.75. The second kappa shape index (κ2) is 6.66. The van der Waals surface area contributed by atoms with Crippen molar-refractivity contribution in [1.29, 1.82) is 0 Å². The van der Waals surface area contributed by atoms with Crippen LogP contribution in [0.25, 0.3) is 0 Å². The average Bonchev–Trinajstić information content (AvgIpc) is 2.26.